The van der Waals surface area contributed by atoms with Crippen LogP contribution in [0, 0.1) is 0 Å². The van der Waals surface area contributed by atoms with Crippen LogP contribution in [0.5, 0.6) is 34.5 Å². The molecule has 2 aliphatic carbocycles. The van der Waals surface area contributed by atoms with Crippen molar-refractivity contribution in [3.05, 3.63) is 179 Å². The van der Waals surface area contributed by atoms with Crippen molar-refractivity contribution < 1.29 is 74.9 Å². The van der Waals surface area contributed by atoms with Gasteiger partial charge in [0.05, 0.1) is 48.9 Å². The third kappa shape index (κ3) is 26.8. The number of aliphatic imine (C=N–C) groups is 2. The Morgan fingerprint density at radius 1 is 0.451 bits per heavy atom. The van der Waals surface area contributed by atoms with Gasteiger partial charge in [-0.2, -0.15) is 0 Å². The summed E-state index contributed by atoms with van der Waals surface area (Å²) in [6.07, 6.45) is 32.7. The summed E-state index contributed by atoms with van der Waals surface area (Å²) in [6, 6.07) is 39.9. The number of hydrogen-bond acceptors (Lipinski definition) is 14. The van der Waals surface area contributed by atoms with Crippen LogP contribution in [-0.4, -0.2) is 72.9 Å². The molecule has 14 nitrogen and oxygen atoms in total. The van der Waals surface area contributed by atoms with Gasteiger partial charge in [-0.1, -0.05) is 141 Å². The zero-order valence-corrected chi connectivity index (χ0v) is 53.9. The predicted molar refractivity (Wildman–Crippen MR) is 356 cm³/mol. The minimum Gasteiger partial charge on any atom is -0.507 e. The number of carbonyl (C=O) groups excluding carboxylic acids is 4. The van der Waals surface area contributed by atoms with Crippen LogP contribution in [0.2, 0.25) is 0 Å². The number of ether oxygens (including phenoxy) is 6. The SMILES string of the molecule is C=CC(=O)OCCCCCCCCCCOc1ccc(C(=O)Oc2ccc(C=Nc3ccc(C4CCCC4)cc3)c(O)c2)cc1.CCC(=O)OCCCCCCCCCCOc1ccc(C(=O)Oc2ccc(C=Nc3ccc(C4CCCC4)cc3)c(O)c2)cc1.[Cu]. The van der Waals surface area contributed by atoms with E-state index in [1.165, 1.54) is 119 Å². The second-order valence-electron chi connectivity index (χ2n) is 23.2. The van der Waals surface area contributed by atoms with Crippen molar-refractivity contribution in [1.82, 2.24) is 0 Å². The van der Waals surface area contributed by atoms with Crippen LogP contribution in [0.3, 0.4) is 0 Å². The van der Waals surface area contributed by atoms with E-state index in [2.05, 4.69) is 40.8 Å². The van der Waals surface area contributed by atoms with E-state index in [-0.39, 0.29) is 52.0 Å². The Balaban J connectivity index is 0.000000286. The van der Waals surface area contributed by atoms with Crippen LogP contribution in [0.4, 0.5) is 11.4 Å². The van der Waals surface area contributed by atoms with E-state index >= 15 is 0 Å². The van der Waals surface area contributed by atoms with Gasteiger partial charge in [0.25, 0.3) is 0 Å². The van der Waals surface area contributed by atoms with Gasteiger partial charge < -0.3 is 38.6 Å². The number of aromatic hydroxyl groups is 2. The van der Waals surface area contributed by atoms with E-state index in [4.69, 9.17) is 28.4 Å². The molecule has 0 unspecified atom stereocenters. The number of esters is 4. The third-order valence-corrected chi connectivity index (χ3v) is 16.3. The Hall–Kier alpha value is -8.00. The summed E-state index contributed by atoms with van der Waals surface area (Å²) in [7, 11) is 0. The maximum absolute atomic E-state index is 12.7. The van der Waals surface area contributed by atoms with E-state index in [1.54, 1.807) is 85.2 Å². The number of phenols is 2. The Labute approximate surface area is 549 Å². The number of carbonyl (C=O) groups is 4. The molecule has 0 aromatic heterocycles. The minimum absolute atomic E-state index is 0. The van der Waals surface area contributed by atoms with Gasteiger partial charge in [0.1, 0.15) is 34.5 Å². The molecule has 0 spiro atoms. The first-order chi connectivity index (χ1) is 44.0. The van der Waals surface area contributed by atoms with Crippen molar-refractivity contribution in [3.63, 3.8) is 0 Å². The van der Waals surface area contributed by atoms with Gasteiger partial charge in [-0.3, -0.25) is 14.8 Å². The molecular weight excluding hydrogens is 1200 g/mol. The van der Waals surface area contributed by atoms with E-state index in [0.717, 1.165) is 75.6 Å². The topological polar surface area (TPSA) is 189 Å². The molecule has 489 valence electrons. The maximum Gasteiger partial charge on any atom is 0.343 e. The molecule has 0 bridgehead atoms. The first-order valence-corrected chi connectivity index (χ1v) is 32.8. The Kier molecular flexibility index (Phi) is 32.8. The molecule has 0 amide bonds. The number of benzene rings is 6. The zero-order valence-electron chi connectivity index (χ0n) is 53.0. The molecule has 15 heteroatoms. The van der Waals surface area contributed by atoms with Crippen molar-refractivity contribution in [2.24, 2.45) is 9.98 Å². The third-order valence-electron chi connectivity index (χ3n) is 16.3. The fraction of sp³-hybridized carbons (Fsp3) is 0.421. The molecule has 91 heavy (non-hydrogen) atoms. The Morgan fingerprint density at radius 2 is 0.791 bits per heavy atom. The van der Waals surface area contributed by atoms with Crippen molar-refractivity contribution in [3.8, 4) is 34.5 Å². The van der Waals surface area contributed by atoms with Gasteiger partial charge in [0.15, 0.2) is 0 Å². The monoisotopic (exact) mass is 1290 g/mol. The van der Waals surface area contributed by atoms with Crippen molar-refractivity contribution in [1.29, 1.82) is 0 Å². The van der Waals surface area contributed by atoms with E-state index in [0.29, 0.717) is 78.4 Å². The first kappa shape index (κ1) is 72.1. The summed E-state index contributed by atoms with van der Waals surface area (Å²) in [4.78, 5) is 56.4. The normalized spacial score (nSPS) is 13.1. The average Bonchev–Trinajstić information content (AvgIpc) is 3.53. The predicted octanol–water partition coefficient (Wildman–Crippen LogP) is 18.7. The van der Waals surface area contributed by atoms with Gasteiger partial charge >= 0.3 is 23.9 Å². The molecule has 8 rings (SSSR count). The van der Waals surface area contributed by atoms with Gasteiger partial charge in [-0.05, 0) is 171 Å². The molecule has 2 aliphatic rings. The summed E-state index contributed by atoms with van der Waals surface area (Å²) in [5.41, 5.74) is 6.27. The first-order valence-electron chi connectivity index (χ1n) is 32.8. The number of phenolic OH excluding ortho intramolecular Hbond substituents is 2. The zero-order chi connectivity index (χ0) is 63.4. The number of rotatable bonds is 36. The molecule has 2 saturated carbocycles. The van der Waals surface area contributed by atoms with Crippen LogP contribution in [0.25, 0.3) is 0 Å². The molecule has 6 aromatic rings. The molecule has 6 aromatic carbocycles. The molecular formula is C76H92CuN2O12. The molecule has 2 N–H and O–H groups in total. The van der Waals surface area contributed by atoms with Crippen LogP contribution in [0.15, 0.2) is 156 Å². The fourth-order valence-corrected chi connectivity index (χ4v) is 11.0. The van der Waals surface area contributed by atoms with Crippen molar-refractivity contribution >= 4 is 47.7 Å². The minimum atomic E-state index is -0.512. The van der Waals surface area contributed by atoms with Gasteiger partial charge in [-0.25, -0.2) is 14.4 Å². The smallest absolute Gasteiger partial charge is 0.343 e. The summed E-state index contributed by atoms with van der Waals surface area (Å²) in [5, 5.41) is 21.0. The van der Waals surface area contributed by atoms with Crippen molar-refractivity contribution in [2.75, 3.05) is 26.4 Å². The van der Waals surface area contributed by atoms with Crippen LogP contribution in [0.1, 0.15) is 222 Å². The quantitative estimate of drug-likeness (QED) is 0.00947. The molecule has 2 fully saturated rings. The molecule has 1 radical (unpaired) electrons. The molecule has 0 aliphatic heterocycles. The summed E-state index contributed by atoms with van der Waals surface area (Å²) in [6.45, 7) is 7.46. The van der Waals surface area contributed by atoms with Crippen molar-refractivity contribution in [2.45, 2.75) is 179 Å². The van der Waals surface area contributed by atoms with Gasteiger partial charge in [0, 0.05) is 65.3 Å². The average molecular weight is 1290 g/mol. The number of hydrogen-bond donors (Lipinski definition) is 2. The molecule has 0 heterocycles. The Bertz CT molecular complexity index is 3190. The summed E-state index contributed by atoms with van der Waals surface area (Å²) >= 11 is 0. The summed E-state index contributed by atoms with van der Waals surface area (Å²) in [5.74, 6) is 1.74. The van der Waals surface area contributed by atoms with E-state index in [1.807, 2.05) is 31.2 Å². The Morgan fingerprint density at radius 3 is 1.14 bits per heavy atom. The fourth-order valence-electron chi connectivity index (χ4n) is 11.0. The standard InChI is InChI=1S/C38H47NO6.C38H45NO6.Cu/c2*1-2-37(41)44-26-12-8-6-4-3-5-7-11-25-43-34-22-17-31(18-23-34)38(42)45-35-24-19-32(36(40)27-35)28-39-33-20-15-30(16-21-33)29-13-9-10-14-29;/h15-24,27-29,40H,2-14,25-26H2,1H3;2,15-24,27-29,40H,1,3-14,25-26H2;. The van der Waals surface area contributed by atoms with Crippen LogP contribution < -0.4 is 18.9 Å². The molecule has 0 atom stereocenters. The largest absolute Gasteiger partial charge is 0.507 e. The second kappa shape index (κ2) is 41.4. The van der Waals surface area contributed by atoms with E-state index < -0.39 is 11.9 Å². The number of nitrogens with zero attached hydrogens (tertiary/aromatic N) is 2. The van der Waals surface area contributed by atoms with E-state index in [9.17, 15) is 29.4 Å². The van der Waals surface area contributed by atoms with Crippen LogP contribution in [-0.2, 0) is 36.1 Å². The summed E-state index contributed by atoms with van der Waals surface area (Å²) < 4.78 is 32.7. The maximum atomic E-state index is 12.7. The van der Waals surface area contributed by atoms with Gasteiger partial charge in [-0.15, -0.1) is 0 Å². The number of unbranched alkanes of at least 4 members (excludes halogenated alkanes) is 14. The molecule has 0 saturated heterocycles. The van der Waals surface area contributed by atoms with Gasteiger partial charge in [0.2, 0.25) is 0 Å². The van der Waals surface area contributed by atoms with Crippen LogP contribution >= 0.6 is 0 Å². The second-order valence-corrected chi connectivity index (χ2v) is 23.2.